The number of hydrogen-bond acceptors (Lipinski definition) is 6. The molecule has 2 aliphatic rings. The van der Waals surface area contributed by atoms with E-state index < -0.39 is 0 Å². The number of carbonyl (C=O) groups excluding carboxylic acids is 2. The van der Waals surface area contributed by atoms with E-state index in [1.54, 1.807) is 18.2 Å². The maximum atomic E-state index is 13.0. The van der Waals surface area contributed by atoms with Crippen LogP contribution in [0.1, 0.15) is 55.4 Å². The second-order valence-corrected chi connectivity index (χ2v) is 8.96. The SMILES string of the molecule is O=C(CCCCCCN1CC(C(=O)NC2CC(O)C2)C1)c1cc(-c2ccc(F)cc2)on1. The summed E-state index contributed by atoms with van der Waals surface area (Å²) in [5.41, 5.74) is 0.996. The molecule has 1 aromatic carbocycles. The number of aliphatic hydroxyl groups is 1. The van der Waals surface area contributed by atoms with Gasteiger partial charge in [0.25, 0.3) is 0 Å². The zero-order valence-electron chi connectivity index (χ0n) is 18.1. The largest absolute Gasteiger partial charge is 0.393 e. The first-order valence-electron chi connectivity index (χ1n) is 11.4. The van der Waals surface area contributed by atoms with Gasteiger partial charge < -0.3 is 19.8 Å². The number of ketones is 1. The molecule has 1 saturated carbocycles. The maximum absolute atomic E-state index is 13.0. The summed E-state index contributed by atoms with van der Waals surface area (Å²) in [5, 5.41) is 16.1. The Morgan fingerprint density at radius 1 is 1.12 bits per heavy atom. The number of carbonyl (C=O) groups is 2. The Balaban J connectivity index is 1.05. The molecule has 7 nitrogen and oxygen atoms in total. The van der Waals surface area contributed by atoms with Crippen LogP contribution < -0.4 is 5.32 Å². The van der Waals surface area contributed by atoms with Crippen LogP contribution in [-0.2, 0) is 4.79 Å². The first-order chi connectivity index (χ1) is 15.5. The third-order valence-electron chi connectivity index (χ3n) is 6.34. The Morgan fingerprint density at radius 2 is 1.84 bits per heavy atom. The monoisotopic (exact) mass is 443 g/mol. The lowest BCUT2D eigenvalue weighted by Crippen LogP contribution is -2.57. The highest BCUT2D eigenvalue weighted by Gasteiger charge is 2.35. The lowest BCUT2D eigenvalue weighted by molar-refractivity contribution is -0.132. The summed E-state index contributed by atoms with van der Waals surface area (Å²) in [6.07, 6.45) is 5.40. The molecule has 2 fully saturated rings. The van der Waals surface area contributed by atoms with Gasteiger partial charge in [0.05, 0.1) is 12.0 Å². The summed E-state index contributed by atoms with van der Waals surface area (Å²) in [7, 11) is 0. The van der Waals surface area contributed by atoms with Gasteiger partial charge in [-0.15, -0.1) is 0 Å². The Bertz CT molecular complexity index is 918. The van der Waals surface area contributed by atoms with E-state index in [4.69, 9.17) is 4.52 Å². The second-order valence-electron chi connectivity index (χ2n) is 8.96. The number of unbranched alkanes of at least 4 members (excludes halogenated alkanes) is 3. The van der Waals surface area contributed by atoms with Gasteiger partial charge in [-0.3, -0.25) is 9.59 Å². The quantitative estimate of drug-likeness (QED) is 0.409. The molecule has 2 aromatic rings. The van der Waals surface area contributed by atoms with Crippen molar-refractivity contribution in [2.45, 2.75) is 57.1 Å². The molecule has 0 spiro atoms. The summed E-state index contributed by atoms with van der Waals surface area (Å²) in [6.45, 7) is 2.59. The van der Waals surface area contributed by atoms with E-state index in [1.807, 2.05) is 0 Å². The average Bonchev–Trinajstić information content (AvgIpc) is 3.21. The van der Waals surface area contributed by atoms with E-state index in [9.17, 15) is 19.1 Å². The third kappa shape index (κ3) is 5.81. The molecule has 0 unspecified atom stereocenters. The Hall–Kier alpha value is -2.58. The smallest absolute Gasteiger partial charge is 0.225 e. The summed E-state index contributed by atoms with van der Waals surface area (Å²) in [5.74, 6) is 0.284. The zero-order chi connectivity index (χ0) is 22.5. The molecule has 0 bridgehead atoms. The molecule has 1 aromatic heterocycles. The number of nitrogens with zero attached hydrogens (tertiary/aromatic N) is 2. The molecule has 1 aliphatic carbocycles. The maximum Gasteiger partial charge on any atom is 0.225 e. The van der Waals surface area contributed by atoms with E-state index in [2.05, 4.69) is 15.4 Å². The zero-order valence-corrected chi connectivity index (χ0v) is 18.1. The number of likely N-dealkylation sites (tertiary alicyclic amines) is 1. The Labute approximate surface area is 187 Å². The first-order valence-corrected chi connectivity index (χ1v) is 11.4. The van der Waals surface area contributed by atoms with Crippen molar-refractivity contribution in [3.8, 4) is 11.3 Å². The van der Waals surface area contributed by atoms with Crippen molar-refractivity contribution < 1.29 is 23.6 Å². The molecule has 172 valence electrons. The van der Waals surface area contributed by atoms with Gasteiger partial charge in [0.2, 0.25) is 5.91 Å². The molecule has 4 rings (SSSR count). The lowest BCUT2D eigenvalue weighted by Gasteiger charge is -2.40. The number of amides is 1. The number of hydrogen-bond donors (Lipinski definition) is 2. The standard InChI is InChI=1S/C24H30FN3O4/c25-18-8-6-16(7-9-18)23-13-21(27-32-23)22(30)5-3-1-2-4-10-28-14-17(15-28)24(31)26-19-11-20(29)12-19/h6-9,13,17,19-20,29H,1-5,10-12,14-15H2,(H,26,31). The minimum atomic E-state index is -0.325. The number of Topliss-reactive ketones (excluding diaryl/α,β-unsaturated/α-hetero) is 1. The van der Waals surface area contributed by atoms with Gasteiger partial charge in [0.15, 0.2) is 11.5 Å². The lowest BCUT2D eigenvalue weighted by atomic mass is 9.88. The van der Waals surface area contributed by atoms with E-state index in [1.165, 1.54) is 12.1 Å². The molecule has 2 heterocycles. The number of aliphatic hydroxyl groups excluding tert-OH is 1. The van der Waals surface area contributed by atoms with Gasteiger partial charge >= 0.3 is 0 Å². The molecule has 1 saturated heterocycles. The number of rotatable bonds is 11. The van der Waals surface area contributed by atoms with Crippen LogP contribution in [0.3, 0.4) is 0 Å². The van der Waals surface area contributed by atoms with E-state index in [0.717, 1.165) is 45.3 Å². The van der Waals surface area contributed by atoms with Gasteiger partial charge in [-0.25, -0.2) is 4.39 Å². The van der Waals surface area contributed by atoms with E-state index >= 15 is 0 Å². The van der Waals surface area contributed by atoms with Crippen LogP contribution in [0.25, 0.3) is 11.3 Å². The number of aromatic nitrogens is 1. The van der Waals surface area contributed by atoms with Crippen LogP contribution in [0.5, 0.6) is 0 Å². The van der Waals surface area contributed by atoms with Crippen LogP contribution >= 0.6 is 0 Å². The third-order valence-corrected chi connectivity index (χ3v) is 6.34. The van der Waals surface area contributed by atoms with Crippen molar-refractivity contribution in [3.63, 3.8) is 0 Å². The van der Waals surface area contributed by atoms with Gasteiger partial charge in [-0.05, 0) is 56.5 Å². The average molecular weight is 444 g/mol. The minimum Gasteiger partial charge on any atom is -0.393 e. The van der Waals surface area contributed by atoms with Crippen molar-refractivity contribution in [2.75, 3.05) is 19.6 Å². The van der Waals surface area contributed by atoms with Crippen LogP contribution in [0.4, 0.5) is 4.39 Å². The fourth-order valence-electron chi connectivity index (χ4n) is 4.20. The van der Waals surface area contributed by atoms with Gasteiger partial charge in [-0.1, -0.05) is 18.0 Å². The highest BCUT2D eigenvalue weighted by atomic mass is 19.1. The van der Waals surface area contributed by atoms with Crippen molar-refractivity contribution in [3.05, 3.63) is 41.8 Å². The van der Waals surface area contributed by atoms with Crippen LogP contribution in [0.15, 0.2) is 34.9 Å². The van der Waals surface area contributed by atoms with Gasteiger partial charge in [0.1, 0.15) is 11.5 Å². The molecule has 32 heavy (non-hydrogen) atoms. The van der Waals surface area contributed by atoms with Gasteiger partial charge in [-0.2, -0.15) is 0 Å². The van der Waals surface area contributed by atoms with Crippen LogP contribution in [-0.4, -0.2) is 58.6 Å². The summed E-state index contributed by atoms with van der Waals surface area (Å²) in [4.78, 5) is 26.7. The molecule has 1 aliphatic heterocycles. The second kappa shape index (κ2) is 10.4. The first kappa shape index (κ1) is 22.6. The fourth-order valence-corrected chi connectivity index (χ4v) is 4.20. The molecule has 1 amide bonds. The highest BCUT2D eigenvalue weighted by molar-refractivity contribution is 5.94. The topological polar surface area (TPSA) is 95.7 Å². The molecule has 8 heteroatoms. The number of halogens is 1. The minimum absolute atomic E-state index is 0.0438. The normalized spacial score (nSPS) is 21.1. The molecular weight excluding hydrogens is 413 g/mol. The Kier molecular flexibility index (Phi) is 7.32. The van der Waals surface area contributed by atoms with Crippen LogP contribution in [0, 0.1) is 11.7 Å². The van der Waals surface area contributed by atoms with Gasteiger partial charge in [0, 0.05) is 37.2 Å². The van der Waals surface area contributed by atoms with E-state index in [0.29, 0.717) is 36.3 Å². The highest BCUT2D eigenvalue weighted by Crippen LogP contribution is 2.23. The Morgan fingerprint density at radius 3 is 2.56 bits per heavy atom. The van der Waals surface area contributed by atoms with Crippen molar-refractivity contribution in [1.82, 2.24) is 15.4 Å². The van der Waals surface area contributed by atoms with Crippen molar-refractivity contribution >= 4 is 11.7 Å². The molecule has 2 N–H and O–H groups in total. The van der Waals surface area contributed by atoms with Crippen molar-refractivity contribution in [2.24, 2.45) is 5.92 Å². The molecule has 0 atom stereocenters. The predicted octanol–water partition coefficient (Wildman–Crippen LogP) is 3.19. The van der Waals surface area contributed by atoms with Crippen molar-refractivity contribution in [1.29, 1.82) is 0 Å². The number of nitrogens with one attached hydrogen (secondary N) is 1. The van der Waals surface area contributed by atoms with E-state index in [-0.39, 0.29) is 35.6 Å². The summed E-state index contributed by atoms with van der Waals surface area (Å²) >= 11 is 0. The molecule has 0 radical (unpaired) electrons. The number of benzene rings is 1. The summed E-state index contributed by atoms with van der Waals surface area (Å²) < 4.78 is 18.2. The molecular formula is C24H30FN3O4. The summed E-state index contributed by atoms with van der Waals surface area (Å²) in [6, 6.07) is 7.64. The fraction of sp³-hybridized carbons (Fsp3) is 0.542. The predicted molar refractivity (Wildman–Crippen MR) is 116 cm³/mol. The van der Waals surface area contributed by atoms with Crippen LogP contribution in [0.2, 0.25) is 0 Å².